The van der Waals surface area contributed by atoms with Crippen LogP contribution in [0.25, 0.3) is 0 Å². The highest BCUT2D eigenvalue weighted by atomic mass is 16.5. The Kier molecular flexibility index (Phi) is 4.97. The number of carbonyl (C=O) groups excluding carboxylic acids is 2. The molecule has 1 aromatic heterocycles. The topological polar surface area (TPSA) is 67.7 Å². The summed E-state index contributed by atoms with van der Waals surface area (Å²) in [4.78, 5) is 29.5. The second-order valence-electron chi connectivity index (χ2n) is 8.43. The molecule has 3 aliphatic rings. The third-order valence-corrected chi connectivity index (χ3v) is 6.76. The van der Waals surface area contributed by atoms with Gasteiger partial charge >= 0.3 is 0 Å². The van der Waals surface area contributed by atoms with E-state index in [9.17, 15) is 9.59 Å². The van der Waals surface area contributed by atoms with Crippen molar-refractivity contribution < 1.29 is 14.3 Å². The van der Waals surface area contributed by atoms with Crippen molar-refractivity contribution in [2.75, 3.05) is 39.4 Å². The first-order chi connectivity index (χ1) is 13.0. The molecule has 4 rings (SSSR count). The fourth-order valence-corrected chi connectivity index (χ4v) is 5.03. The highest BCUT2D eigenvalue weighted by Gasteiger charge is 2.51. The molecule has 2 saturated heterocycles. The monoisotopic (exact) mass is 374 g/mol. The Morgan fingerprint density at radius 2 is 2.00 bits per heavy atom. The van der Waals surface area contributed by atoms with Gasteiger partial charge in [0.1, 0.15) is 0 Å². The molecule has 148 valence electrons. The predicted molar refractivity (Wildman–Crippen MR) is 100 cm³/mol. The lowest BCUT2D eigenvalue weighted by Gasteiger charge is -2.43. The zero-order chi connectivity index (χ0) is 19.0. The summed E-state index contributed by atoms with van der Waals surface area (Å²) in [6.07, 6.45) is 6.88. The second-order valence-corrected chi connectivity index (χ2v) is 8.43. The van der Waals surface area contributed by atoms with E-state index in [4.69, 9.17) is 4.74 Å². The number of ether oxygens (including phenoxy) is 1. The zero-order valence-electron chi connectivity index (χ0n) is 16.4. The smallest absolute Gasteiger partial charge is 0.257 e. The van der Waals surface area contributed by atoms with Gasteiger partial charge in [-0.1, -0.05) is 6.42 Å². The Balaban J connectivity index is 1.40. The highest BCUT2D eigenvalue weighted by molar-refractivity contribution is 5.95. The van der Waals surface area contributed by atoms with E-state index in [0.717, 1.165) is 25.2 Å². The summed E-state index contributed by atoms with van der Waals surface area (Å²) in [5, 5.41) is 4.31. The Bertz CT molecular complexity index is 719. The minimum Gasteiger partial charge on any atom is -0.378 e. The molecule has 0 bridgehead atoms. The van der Waals surface area contributed by atoms with Crippen LogP contribution in [0.1, 0.15) is 48.2 Å². The van der Waals surface area contributed by atoms with Gasteiger partial charge in [-0.3, -0.25) is 14.3 Å². The number of hydrogen-bond donors (Lipinski definition) is 0. The van der Waals surface area contributed by atoms with E-state index in [1.807, 2.05) is 30.0 Å². The van der Waals surface area contributed by atoms with Crippen molar-refractivity contribution in [3.8, 4) is 0 Å². The van der Waals surface area contributed by atoms with Crippen molar-refractivity contribution in [1.82, 2.24) is 19.6 Å². The maximum Gasteiger partial charge on any atom is 0.257 e. The number of aromatic nitrogens is 2. The van der Waals surface area contributed by atoms with Crippen molar-refractivity contribution >= 4 is 11.8 Å². The molecule has 1 aromatic rings. The molecule has 1 atom stereocenters. The normalized spacial score (nSPS) is 24.3. The third kappa shape index (κ3) is 3.49. The third-order valence-electron chi connectivity index (χ3n) is 6.76. The number of morpholine rings is 1. The fraction of sp³-hybridized carbons (Fsp3) is 0.750. The molecule has 0 radical (unpaired) electrons. The van der Waals surface area contributed by atoms with Gasteiger partial charge in [-0.2, -0.15) is 5.10 Å². The van der Waals surface area contributed by atoms with Crippen LogP contribution in [0.15, 0.2) is 6.20 Å². The van der Waals surface area contributed by atoms with Gasteiger partial charge < -0.3 is 14.5 Å². The number of aryl methyl sites for hydroxylation is 2. The average molecular weight is 374 g/mol. The number of amides is 2. The summed E-state index contributed by atoms with van der Waals surface area (Å²) in [5.41, 5.74) is 1.73. The lowest BCUT2D eigenvalue weighted by Crippen LogP contribution is -2.42. The van der Waals surface area contributed by atoms with Crippen molar-refractivity contribution in [2.24, 2.45) is 18.4 Å². The predicted octanol–water partition coefficient (Wildman–Crippen LogP) is 1.61. The zero-order valence-corrected chi connectivity index (χ0v) is 16.4. The van der Waals surface area contributed by atoms with Gasteiger partial charge in [0.05, 0.1) is 24.5 Å². The maximum atomic E-state index is 13.0. The van der Waals surface area contributed by atoms with E-state index in [-0.39, 0.29) is 17.2 Å². The summed E-state index contributed by atoms with van der Waals surface area (Å²) in [6, 6.07) is 0. The number of carbonyl (C=O) groups is 2. The maximum absolute atomic E-state index is 13.0. The summed E-state index contributed by atoms with van der Waals surface area (Å²) in [7, 11) is 1.85. The summed E-state index contributed by atoms with van der Waals surface area (Å²) in [6.45, 7) is 6.19. The first-order valence-corrected chi connectivity index (χ1v) is 10.1. The molecular formula is C20H30N4O3. The molecule has 1 spiro atoms. The summed E-state index contributed by atoms with van der Waals surface area (Å²) >= 11 is 0. The van der Waals surface area contributed by atoms with Gasteiger partial charge in [-0.15, -0.1) is 0 Å². The lowest BCUT2D eigenvalue weighted by molar-refractivity contribution is -0.135. The van der Waals surface area contributed by atoms with E-state index in [0.29, 0.717) is 44.2 Å². The van der Waals surface area contributed by atoms with E-state index in [2.05, 4.69) is 5.10 Å². The van der Waals surface area contributed by atoms with Crippen molar-refractivity contribution in [2.45, 2.75) is 39.0 Å². The van der Waals surface area contributed by atoms with Gasteiger partial charge in [0.15, 0.2) is 0 Å². The summed E-state index contributed by atoms with van der Waals surface area (Å²) in [5.74, 6) is 0.756. The van der Waals surface area contributed by atoms with Crippen LogP contribution in [0.2, 0.25) is 0 Å². The molecule has 0 aromatic carbocycles. The quantitative estimate of drug-likeness (QED) is 0.803. The molecule has 2 amide bonds. The van der Waals surface area contributed by atoms with E-state index in [1.54, 1.807) is 4.68 Å². The number of nitrogens with zero attached hydrogens (tertiary/aromatic N) is 4. The number of hydrogen-bond acceptors (Lipinski definition) is 4. The Hall–Kier alpha value is -1.89. The van der Waals surface area contributed by atoms with Crippen molar-refractivity contribution in [1.29, 1.82) is 0 Å². The van der Waals surface area contributed by atoms with Gasteiger partial charge in [-0.05, 0) is 37.5 Å². The number of rotatable bonds is 4. The van der Waals surface area contributed by atoms with E-state index >= 15 is 0 Å². The molecule has 3 heterocycles. The first-order valence-electron chi connectivity index (χ1n) is 10.1. The molecular weight excluding hydrogens is 344 g/mol. The SMILES string of the molecule is Cc1nn(C)cc1C(=O)N1CC(CCC(=O)N2CCOCC2)C2(CCC2)C1. The van der Waals surface area contributed by atoms with E-state index < -0.39 is 0 Å². The van der Waals surface area contributed by atoms with Crippen molar-refractivity contribution in [3.05, 3.63) is 17.5 Å². The summed E-state index contributed by atoms with van der Waals surface area (Å²) < 4.78 is 7.04. The molecule has 3 fully saturated rings. The van der Waals surface area contributed by atoms with Crippen molar-refractivity contribution in [3.63, 3.8) is 0 Å². The Labute approximate surface area is 160 Å². The van der Waals surface area contributed by atoms with Crippen LogP contribution in [0.3, 0.4) is 0 Å². The van der Waals surface area contributed by atoms with Crippen LogP contribution < -0.4 is 0 Å². The average Bonchev–Trinajstić information content (AvgIpc) is 3.19. The molecule has 2 aliphatic heterocycles. The van der Waals surface area contributed by atoms with Crippen LogP contribution in [0.4, 0.5) is 0 Å². The highest BCUT2D eigenvalue weighted by Crippen LogP contribution is 2.53. The van der Waals surface area contributed by atoms with Gasteiger partial charge in [0.2, 0.25) is 5.91 Å². The van der Waals surface area contributed by atoms with Crippen LogP contribution in [0.5, 0.6) is 0 Å². The fourth-order valence-electron chi connectivity index (χ4n) is 5.03. The second kappa shape index (κ2) is 7.26. The van der Waals surface area contributed by atoms with Crippen LogP contribution in [-0.4, -0.2) is 70.8 Å². The van der Waals surface area contributed by atoms with Crippen LogP contribution in [0, 0.1) is 18.3 Å². The molecule has 1 unspecified atom stereocenters. The van der Waals surface area contributed by atoms with Gasteiger partial charge in [0.25, 0.3) is 5.91 Å². The molecule has 7 heteroatoms. The van der Waals surface area contributed by atoms with E-state index in [1.165, 1.54) is 19.3 Å². The molecule has 0 N–H and O–H groups in total. The van der Waals surface area contributed by atoms with Crippen LogP contribution in [-0.2, 0) is 16.6 Å². The lowest BCUT2D eigenvalue weighted by atomic mass is 9.62. The molecule has 1 saturated carbocycles. The minimum atomic E-state index is 0.0916. The van der Waals surface area contributed by atoms with Crippen LogP contribution >= 0.6 is 0 Å². The largest absolute Gasteiger partial charge is 0.378 e. The molecule has 27 heavy (non-hydrogen) atoms. The Morgan fingerprint density at radius 1 is 1.26 bits per heavy atom. The first kappa shape index (κ1) is 18.5. The standard InChI is InChI=1S/C20H30N4O3/c1-15-17(13-22(2)21-15)19(26)24-12-16(20(14-24)6-3-7-20)4-5-18(25)23-8-10-27-11-9-23/h13,16H,3-12,14H2,1-2H3. The minimum absolute atomic E-state index is 0.0916. The molecule has 1 aliphatic carbocycles. The van der Waals surface area contributed by atoms with Gasteiger partial charge in [-0.25, -0.2) is 0 Å². The number of likely N-dealkylation sites (tertiary alicyclic amines) is 1. The Morgan fingerprint density at radius 3 is 2.59 bits per heavy atom. The molecule has 7 nitrogen and oxygen atoms in total. The van der Waals surface area contributed by atoms with Gasteiger partial charge in [0, 0.05) is 45.8 Å².